The molecule has 2 amide bonds. The number of hydrogen-bond donors (Lipinski definition) is 2. The molecule has 0 bridgehead atoms. The van der Waals surface area contributed by atoms with Crippen LogP contribution in [0.2, 0.25) is 5.02 Å². The highest BCUT2D eigenvalue weighted by atomic mass is 35.5. The van der Waals surface area contributed by atoms with Gasteiger partial charge in [0.05, 0.1) is 22.8 Å². The van der Waals surface area contributed by atoms with Gasteiger partial charge in [-0.05, 0) is 49.1 Å². The van der Waals surface area contributed by atoms with Gasteiger partial charge in [-0.2, -0.15) is 19.0 Å². The summed E-state index contributed by atoms with van der Waals surface area (Å²) in [6.07, 6.45) is -1.40. The number of carbonyl (C=O) groups excluding carboxylic acids is 2. The molecule has 0 unspecified atom stereocenters. The van der Waals surface area contributed by atoms with Gasteiger partial charge in [-0.3, -0.25) is 14.4 Å². The predicted molar refractivity (Wildman–Crippen MR) is 180 cm³/mol. The second-order valence-electron chi connectivity index (χ2n) is 13.9. The van der Waals surface area contributed by atoms with E-state index in [9.17, 15) is 35.9 Å². The first kappa shape index (κ1) is 37.6. The summed E-state index contributed by atoms with van der Waals surface area (Å²) in [7, 11) is 1.64. The van der Waals surface area contributed by atoms with Gasteiger partial charge in [-0.25, -0.2) is 37.0 Å². The molecule has 0 saturated heterocycles. The quantitative estimate of drug-likeness (QED) is 0.153. The number of amides is 2. The Kier molecular flexibility index (Phi) is 9.49. The van der Waals surface area contributed by atoms with Gasteiger partial charge in [-0.1, -0.05) is 48.9 Å². The molecule has 6 rings (SSSR count). The average molecular weight is 766 g/mol. The number of alkyl halides is 6. The number of rotatable bonds is 12. The van der Waals surface area contributed by atoms with E-state index in [2.05, 4.69) is 25.5 Å². The third-order valence-electron chi connectivity index (χ3n) is 9.51. The maximum Gasteiger partial charge on any atom is 0.407 e. The largest absolute Gasteiger partial charge is 0.447 e. The second kappa shape index (κ2) is 13.4. The monoisotopic (exact) mass is 765 g/mol. The van der Waals surface area contributed by atoms with Crippen molar-refractivity contribution >= 4 is 29.6 Å². The van der Waals surface area contributed by atoms with Gasteiger partial charge in [0, 0.05) is 36.2 Å². The van der Waals surface area contributed by atoms with Crippen LogP contribution >= 0.6 is 11.6 Å². The maximum absolute atomic E-state index is 14.9. The number of guanidine groups is 1. The molecule has 12 nitrogen and oxygen atoms in total. The first-order valence-electron chi connectivity index (χ1n) is 16.2. The predicted octanol–water partition coefficient (Wildman–Crippen LogP) is 6.69. The van der Waals surface area contributed by atoms with Crippen molar-refractivity contribution in [3.63, 3.8) is 0 Å². The van der Waals surface area contributed by atoms with E-state index in [4.69, 9.17) is 22.1 Å². The lowest BCUT2D eigenvalue weighted by atomic mass is 9.79. The Morgan fingerprint density at radius 2 is 1.79 bits per heavy atom. The molecule has 3 heterocycles. The number of nitrogens with two attached hydrogens (primary N) is 1. The van der Waals surface area contributed by atoms with E-state index >= 15 is 0 Å². The Hall–Kier alpha value is -5.13. The molecule has 1 aliphatic carbocycles. The maximum atomic E-state index is 14.9. The van der Waals surface area contributed by atoms with Crippen LogP contribution in [-0.2, 0) is 22.1 Å². The lowest BCUT2D eigenvalue weighted by Crippen LogP contribution is -2.50. The van der Waals surface area contributed by atoms with Gasteiger partial charge >= 0.3 is 12.6 Å². The molecule has 3 N–H and O–H groups in total. The Balaban J connectivity index is 1.41. The first-order valence-corrected chi connectivity index (χ1v) is 16.5. The van der Waals surface area contributed by atoms with E-state index in [0.717, 1.165) is 24.9 Å². The summed E-state index contributed by atoms with van der Waals surface area (Å²) in [4.78, 5) is 37.5. The lowest BCUT2D eigenvalue weighted by Gasteiger charge is -2.33. The van der Waals surface area contributed by atoms with Crippen LogP contribution in [0.5, 0.6) is 0 Å². The fourth-order valence-electron chi connectivity index (χ4n) is 6.25. The summed E-state index contributed by atoms with van der Waals surface area (Å²) in [5.74, 6) is -4.16. The number of halogens is 7. The van der Waals surface area contributed by atoms with Gasteiger partial charge < -0.3 is 15.8 Å². The van der Waals surface area contributed by atoms with Crippen LogP contribution < -0.4 is 11.1 Å². The summed E-state index contributed by atoms with van der Waals surface area (Å²) < 4.78 is 90.4. The fourth-order valence-corrected chi connectivity index (χ4v) is 6.46. The van der Waals surface area contributed by atoms with Crippen molar-refractivity contribution in [3.05, 3.63) is 77.3 Å². The fraction of sp³-hybridized carbons (Fsp3) is 0.412. The minimum Gasteiger partial charge on any atom is -0.447 e. The summed E-state index contributed by atoms with van der Waals surface area (Å²) in [5, 5.41) is 10.2. The highest BCUT2D eigenvalue weighted by molar-refractivity contribution is 6.33. The summed E-state index contributed by atoms with van der Waals surface area (Å²) in [6.45, 7) is -0.0165. The molecule has 0 radical (unpaired) electrons. The van der Waals surface area contributed by atoms with E-state index in [-0.39, 0.29) is 22.0 Å². The van der Waals surface area contributed by atoms with E-state index in [1.807, 2.05) is 0 Å². The number of aryl methyl sites for hydroxylation is 1. The van der Waals surface area contributed by atoms with Crippen LogP contribution in [-0.4, -0.2) is 71.9 Å². The van der Waals surface area contributed by atoms with Crippen LogP contribution in [0.3, 0.4) is 0 Å². The molecule has 0 spiro atoms. The summed E-state index contributed by atoms with van der Waals surface area (Å²) in [6, 6.07) is 9.19. The number of alkyl carbamates (subject to hydrolysis) is 1. The number of ether oxygens (including phenoxy) is 1. The number of aromatic nitrogens is 5. The molecular weight excluding hydrogens is 732 g/mol. The number of nitrogens with one attached hydrogen (secondary N) is 1. The van der Waals surface area contributed by atoms with Crippen molar-refractivity contribution in [2.75, 3.05) is 6.61 Å². The molecule has 53 heavy (non-hydrogen) atoms. The normalized spacial score (nSPS) is 21.6. The molecule has 1 fully saturated rings. The average Bonchev–Trinajstić information content (AvgIpc) is 3.58. The zero-order valence-corrected chi connectivity index (χ0v) is 29.5. The molecule has 4 aromatic rings. The van der Waals surface area contributed by atoms with Crippen LogP contribution in [0.4, 0.5) is 31.1 Å². The van der Waals surface area contributed by atoms with Gasteiger partial charge in [0.15, 0.2) is 17.3 Å². The molecule has 2 aromatic carbocycles. The van der Waals surface area contributed by atoms with E-state index in [1.165, 1.54) is 66.6 Å². The molecule has 3 atom stereocenters. The summed E-state index contributed by atoms with van der Waals surface area (Å²) >= 11 is 6.50. The van der Waals surface area contributed by atoms with Crippen molar-refractivity contribution in [1.29, 1.82) is 0 Å². The van der Waals surface area contributed by atoms with E-state index in [1.54, 1.807) is 7.05 Å². The van der Waals surface area contributed by atoms with Gasteiger partial charge in [0.2, 0.25) is 0 Å². The van der Waals surface area contributed by atoms with Crippen molar-refractivity contribution in [3.8, 4) is 22.5 Å². The Morgan fingerprint density at radius 3 is 2.36 bits per heavy atom. The van der Waals surface area contributed by atoms with Crippen LogP contribution in [0.1, 0.15) is 57.3 Å². The Morgan fingerprint density at radius 1 is 1.11 bits per heavy atom. The lowest BCUT2D eigenvalue weighted by molar-refractivity contribution is -0.135. The highest BCUT2D eigenvalue weighted by Crippen LogP contribution is 2.66. The van der Waals surface area contributed by atoms with Crippen molar-refractivity contribution < 1.29 is 40.7 Å². The number of nitrogens with zero attached hydrogens (tertiary/aromatic N) is 7. The molecule has 1 saturated carbocycles. The molecule has 282 valence electrons. The van der Waals surface area contributed by atoms with Crippen LogP contribution in [0.15, 0.2) is 66.2 Å². The smallest absolute Gasteiger partial charge is 0.407 e. The molecule has 2 aliphatic rings. The third kappa shape index (κ3) is 7.03. The zero-order valence-electron chi connectivity index (χ0n) is 28.7. The first-order chi connectivity index (χ1) is 24.8. The topological polar surface area (TPSA) is 146 Å². The highest BCUT2D eigenvalue weighted by Gasteiger charge is 2.71. The minimum absolute atomic E-state index is 0.174. The molecular formula is C34H34ClF6N9O3. The van der Waals surface area contributed by atoms with Crippen LogP contribution in [0.25, 0.3) is 22.5 Å². The van der Waals surface area contributed by atoms with E-state index in [0.29, 0.717) is 21.4 Å². The van der Waals surface area contributed by atoms with Crippen molar-refractivity contribution in [2.24, 2.45) is 23.2 Å². The van der Waals surface area contributed by atoms with Gasteiger partial charge in [0.25, 0.3) is 18.3 Å². The van der Waals surface area contributed by atoms with Gasteiger partial charge in [-0.15, -0.1) is 0 Å². The minimum atomic E-state index is -3.12. The van der Waals surface area contributed by atoms with Gasteiger partial charge in [0.1, 0.15) is 12.9 Å². The number of aliphatic imine (C=N–C) groups is 1. The standard InChI is InChI=1S/C34H34ClF6N9O3/c1-31(2,26(36)37)46-30(52)53-14-24(19-7-10-23(35)22(11-19)25-43-17-48(4)47-25)50-27(51)33(45-29(50)42,15-32(3)16-34(32,40)41)21-8-5-18(6-9-21)20-12-44-49(13-20)28(38)39/h5-13,17,24,26,28H,14-16H2,1-4H3,(H2,42,45)(H,46,52)/t24-,32+,33-/m1/s1. The van der Waals surface area contributed by atoms with Crippen LogP contribution in [0, 0.1) is 5.41 Å². The summed E-state index contributed by atoms with van der Waals surface area (Å²) in [5.41, 5.74) is 2.38. The number of hydrogen-bond acceptors (Lipinski definition) is 8. The molecule has 2 aromatic heterocycles. The number of carbonyl (C=O) groups is 2. The molecule has 19 heteroatoms. The molecule has 1 aliphatic heterocycles. The van der Waals surface area contributed by atoms with Crippen molar-refractivity contribution in [2.45, 2.75) is 69.6 Å². The Bertz CT molecular complexity index is 2070. The van der Waals surface area contributed by atoms with Crippen molar-refractivity contribution in [1.82, 2.24) is 34.8 Å². The number of benzene rings is 2. The second-order valence-corrected chi connectivity index (χ2v) is 14.3. The zero-order chi connectivity index (χ0) is 38.7. The third-order valence-corrected chi connectivity index (χ3v) is 9.84. The van der Waals surface area contributed by atoms with E-state index < -0.39 is 78.8 Å². The SMILES string of the molecule is Cn1cnc(-c2cc([C@@H](COC(=O)NC(C)(C)C(F)F)N3C(=O)[C@@](C[C@@]4(C)CC4(F)F)(c4ccc(-c5cnn(C(F)F)c5)cc4)N=C3N)ccc2Cl)n1. The Labute approximate surface area is 304 Å².